The molecule has 8 nitrogen and oxygen atoms in total. The Balaban J connectivity index is 1.15. The molecule has 4 aromatic rings. The topological polar surface area (TPSA) is 96.0 Å². The highest BCUT2D eigenvalue weighted by Crippen LogP contribution is 2.25. The lowest BCUT2D eigenvalue weighted by Gasteiger charge is -2.39. The first-order valence-corrected chi connectivity index (χ1v) is 10.5. The molecule has 0 atom stereocenters. The van der Waals surface area contributed by atoms with Gasteiger partial charge in [-0.3, -0.25) is 9.89 Å². The van der Waals surface area contributed by atoms with E-state index in [0.29, 0.717) is 30.3 Å². The summed E-state index contributed by atoms with van der Waals surface area (Å²) in [7, 11) is 0. The van der Waals surface area contributed by atoms with E-state index in [1.807, 2.05) is 42.2 Å². The lowest BCUT2D eigenvalue weighted by molar-refractivity contribution is 0.102. The van der Waals surface area contributed by atoms with Gasteiger partial charge in [-0.1, -0.05) is 18.2 Å². The molecule has 1 aliphatic rings. The summed E-state index contributed by atoms with van der Waals surface area (Å²) in [5, 5.41) is 9.73. The summed E-state index contributed by atoms with van der Waals surface area (Å²) in [6.45, 7) is 3.10. The summed E-state index contributed by atoms with van der Waals surface area (Å²) in [6, 6.07) is 13.8. The van der Waals surface area contributed by atoms with E-state index >= 15 is 0 Å². The van der Waals surface area contributed by atoms with E-state index in [1.165, 1.54) is 18.3 Å². The monoisotopic (exact) mass is 444 g/mol. The number of carbonyl (C=O) groups excluding carboxylic acids is 1. The molecule has 1 aliphatic heterocycles. The number of aromatic nitrogens is 4. The molecule has 1 saturated heterocycles. The summed E-state index contributed by atoms with van der Waals surface area (Å²) in [6.07, 6.45) is 4.72. The Morgan fingerprint density at radius 3 is 2.64 bits per heavy atom. The van der Waals surface area contributed by atoms with Gasteiger partial charge in [0.1, 0.15) is 29.2 Å². The first kappa shape index (κ1) is 20.6. The Morgan fingerprint density at radius 2 is 1.94 bits per heavy atom. The number of aryl methyl sites for hydroxylation is 1. The van der Waals surface area contributed by atoms with Crippen molar-refractivity contribution < 1.29 is 13.9 Å². The number of hydrogen-bond donors (Lipinski definition) is 2. The summed E-state index contributed by atoms with van der Waals surface area (Å²) < 4.78 is 19.3. The van der Waals surface area contributed by atoms with Crippen LogP contribution in [0.4, 0.5) is 15.9 Å². The van der Waals surface area contributed by atoms with Gasteiger partial charge in [0.05, 0.1) is 31.2 Å². The molecule has 5 rings (SSSR count). The van der Waals surface area contributed by atoms with E-state index in [2.05, 4.69) is 25.5 Å². The van der Waals surface area contributed by atoms with Crippen LogP contribution in [0, 0.1) is 12.7 Å². The van der Waals surface area contributed by atoms with Gasteiger partial charge in [0.2, 0.25) is 0 Å². The van der Waals surface area contributed by atoms with Gasteiger partial charge in [-0.25, -0.2) is 14.4 Å². The molecule has 1 amide bonds. The Hall–Kier alpha value is -4.27. The predicted octanol–water partition coefficient (Wildman–Crippen LogP) is 3.83. The number of H-pyrrole nitrogens is 1. The average Bonchev–Trinajstić information content (AvgIpc) is 3.34. The number of nitrogens with one attached hydrogen (secondary N) is 2. The van der Waals surface area contributed by atoms with E-state index < -0.39 is 0 Å². The van der Waals surface area contributed by atoms with Crippen LogP contribution in [-0.4, -0.2) is 45.3 Å². The second-order valence-electron chi connectivity index (χ2n) is 7.81. The van der Waals surface area contributed by atoms with Gasteiger partial charge in [-0.05, 0) is 36.8 Å². The largest absolute Gasteiger partial charge is 0.486 e. The van der Waals surface area contributed by atoms with Crippen molar-refractivity contribution in [3.63, 3.8) is 0 Å². The maximum absolute atomic E-state index is 13.4. The summed E-state index contributed by atoms with van der Waals surface area (Å²) in [5.41, 5.74) is 3.54. The number of aromatic amines is 1. The van der Waals surface area contributed by atoms with E-state index in [0.717, 1.165) is 16.8 Å². The Labute approximate surface area is 189 Å². The quantitative estimate of drug-likeness (QED) is 0.469. The number of ether oxygens (including phenoxy) is 1. The normalized spacial score (nSPS) is 13.5. The van der Waals surface area contributed by atoms with Gasteiger partial charge in [0.25, 0.3) is 5.91 Å². The molecule has 9 heteroatoms. The molecule has 2 aromatic heterocycles. The zero-order chi connectivity index (χ0) is 22.8. The molecule has 3 heterocycles. The highest BCUT2D eigenvalue weighted by Gasteiger charge is 2.30. The minimum atomic E-state index is -0.340. The molecular weight excluding hydrogens is 423 g/mol. The van der Waals surface area contributed by atoms with Crippen molar-refractivity contribution in [1.29, 1.82) is 0 Å². The SMILES string of the molecule is Cc1ccc(F)cc1OC1CN(c2cnc(C(=O)Nc3ccc(-c4cc[nH]n4)cc3)cn2)C1. The van der Waals surface area contributed by atoms with Gasteiger partial charge < -0.3 is 15.0 Å². The molecule has 2 N–H and O–H groups in total. The molecule has 1 fully saturated rings. The minimum Gasteiger partial charge on any atom is -0.486 e. The summed E-state index contributed by atoms with van der Waals surface area (Å²) in [5.74, 6) is 0.550. The predicted molar refractivity (Wildman–Crippen MR) is 122 cm³/mol. The molecule has 33 heavy (non-hydrogen) atoms. The minimum absolute atomic E-state index is 0.0558. The first-order valence-electron chi connectivity index (χ1n) is 10.5. The average molecular weight is 444 g/mol. The lowest BCUT2D eigenvalue weighted by atomic mass is 10.1. The van der Waals surface area contributed by atoms with Crippen LogP contribution >= 0.6 is 0 Å². The smallest absolute Gasteiger partial charge is 0.275 e. The van der Waals surface area contributed by atoms with Crippen molar-refractivity contribution in [1.82, 2.24) is 20.2 Å². The molecule has 0 saturated carbocycles. The third kappa shape index (κ3) is 4.52. The van der Waals surface area contributed by atoms with E-state index in [-0.39, 0.29) is 23.5 Å². The van der Waals surface area contributed by atoms with Crippen LogP contribution in [0.25, 0.3) is 11.3 Å². The highest BCUT2D eigenvalue weighted by molar-refractivity contribution is 6.02. The van der Waals surface area contributed by atoms with Crippen LogP contribution in [0.3, 0.4) is 0 Å². The van der Waals surface area contributed by atoms with E-state index in [4.69, 9.17) is 4.74 Å². The maximum atomic E-state index is 13.4. The number of carbonyl (C=O) groups is 1. The second-order valence-corrected chi connectivity index (χ2v) is 7.81. The van der Waals surface area contributed by atoms with Gasteiger partial charge in [0, 0.05) is 23.5 Å². The van der Waals surface area contributed by atoms with Crippen LogP contribution in [0.2, 0.25) is 0 Å². The van der Waals surface area contributed by atoms with Crippen molar-refractivity contribution in [2.24, 2.45) is 0 Å². The molecule has 0 spiro atoms. The maximum Gasteiger partial charge on any atom is 0.275 e. The van der Waals surface area contributed by atoms with Crippen LogP contribution in [0.15, 0.2) is 67.1 Å². The zero-order valence-electron chi connectivity index (χ0n) is 17.8. The van der Waals surface area contributed by atoms with E-state index in [9.17, 15) is 9.18 Å². The Bertz CT molecular complexity index is 1250. The third-order valence-electron chi connectivity index (χ3n) is 5.43. The van der Waals surface area contributed by atoms with Crippen molar-refractivity contribution in [3.8, 4) is 17.0 Å². The van der Waals surface area contributed by atoms with Gasteiger partial charge in [-0.15, -0.1) is 0 Å². The van der Waals surface area contributed by atoms with Crippen molar-refractivity contribution in [2.45, 2.75) is 13.0 Å². The number of rotatable bonds is 6. The fourth-order valence-electron chi connectivity index (χ4n) is 3.52. The van der Waals surface area contributed by atoms with E-state index in [1.54, 1.807) is 18.5 Å². The lowest BCUT2D eigenvalue weighted by Crippen LogP contribution is -2.54. The number of halogens is 1. The second kappa shape index (κ2) is 8.70. The molecule has 2 aromatic carbocycles. The highest BCUT2D eigenvalue weighted by atomic mass is 19.1. The molecule has 0 bridgehead atoms. The van der Waals surface area contributed by atoms with Gasteiger partial charge >= 0.3 is 0 Å². The number of nitrogens with zero attached hydrogens (tertiary/aromatic N) is 4. The fraction of sp³-hybridized carbons (Fsp3) is 0.167. The Morgan fingerprint density at radius 1 is 1.12 bits per heavy atom. The number of hydrogen-bond acceptors (Lipinski definition) is 6. The van der Waals surface area contributed by atoms with Crippen molar-refractivity contribution in [3.05, 3.63) is 84.2 Å². The fourth-order valence-corrected chi connectivity index (χ4v) is 3.52. The molecule has 166 valence electrons. The first-order chi connectivity index (χ1) is 16.0. The summed E-state index contributed by atoms with van der Waals surface area (Å²) in [4.78, 5) is 23.1. The molecule has 0 radical (unpaired) electrons. The molecular formula is C24H21FN6O2. The van der Waals surface area contributed by atoms with Crippen LogP contribution in [-0.2, 0) is 0 Å². The standard InChI is InChI=1S/C24H21FN6O2/c1-15-2-5-17(25)10-22(15)33-19-13-31(14-19)23-12-26-21(11-27-23)24(32)29-18-6-3-16(4-7-18)20-8-9-28-30-20/h2-12,19H,13-14H2,1H3,(H,28,30)(H,29,32). The van der Waals surface area contributed by atoms with Crippen LogP contribution < -0.4 is 15.0 Å². The van der Waals surface area contributed by atoms with Crippen molar-refractivity contribution >= 4 is 17.4 Å². The van der Waals surface area contributed by atoms with Gasteiger partial charge in [0.15, 0.2) is 0 Å². The number of benzene rings is 2. The number of amides is 1. The summed E-state index contributed by atoms with van der Waals surface area (Å²) >= 11 is 0. The molecule has 0 unspecified atom stereocenters. The zero-order valence-corrected chi connectivity index (χ0v) is 17.8. The van der Waals surface area contributed by atoms with Crippen LogP contribution in [0.5, 0.6) is 5.75 Å². The third-order valence-corrected chi connectivity index (χ3v) is 5.43. The molecule has 0 aliphatic carbocycles. The number of anilines is 2. The van der Waals surface area contributed by atoms with Crippen molar-refractivity contribution in [2.75, 3.05) is 23.3 Å². The van der Waals surface area contributed by atoms with Crippen LogP contribution in [0.1, 0.15) is 16.1 Å². The Kier molecular flexibility index (Phi) is 5.43. The van der Waals surface area contributed by atoms with Gasteiger partial charge in [-0.2, -0.15) is 5.10 Å².